The molecular weight excluding hydrogens is 333 g/mol. The maximum atomic E-state index is 7.99. The van der Waals surface area contributed by atoms with Crippen LogP contribution in [0.25, 0.3) is 5.82 Å². The highest BCUT2D eigenvalue weighted by molar-refractivity contribution is 9.10. The summed E-state index contributed by atoms with van der Waals surface area (Å²) in [6.45, 7) is 7.93. The van der Waals surface area contributed by atoms with Gasteiger partial charge in [0.15, 0.2) is 5.82 Å². The first-order chi connectivity index (χ1) is 10.6. The smallest absolute Gasteiger partial charge is 0.398 e. The number of hydrogen-bond acceptors (Lipinski definition) is 4. The van der Waals surface area contributed by atoms with Crippen molar-refractivity contribution in [2.75, 3.05) is 0 Å². The zero-order chi connectivity index (χ0) is 17.0. The Balaban J connectivity index is 1.97. The third-order valence-electron chi connectivity index (χ3n) is 3.92. The quantitative estimate of drug-likeness (QED) is 0.779. The summed E-state index contributed by atoms with van der Waals surface area (Å²) in [5.74, 6) is 0.446. The third-order valence-corrected chi connectivity index (χ3v) is 4.27. The lowest BCUT2D eigenvalue weighted by Gasteiger charge is -2.32. The molecule has 0 saturated carbocycles. The maximum absolute atomic E-state index is 7.99. The van der Waals surface area contributed by atoms with Crippen LogP contribution >= 0.6 is 15.9 Å². The minimum atomic E-state index is -0.580. The third kappa shape index (κ3) is 2.65. The molecule has 2 aromatic rings. The van der Waals surface area contributed by atoms with Crippen LogP contribution in [-0.2, 0) is 9.31 Å². The van der Waals surface area contributed by atoms with E-state index < -0.39 is 18.3 Å². The maximum Gasteiger partial charge on any atom is 0.514 e. The van der Waals surface area contributed by atoms with Gasteiger partial charge in [-0.1, -0.05) is 6.07 Å². The van der Waals surface area contributed by atoms with E-state index in [2.05, 4.69) is 26.0 Å². The molecule has 7 heteroatoms. The lowest BCUT2D eigenvalue weighted by atomic mass is 9.84. The van der Waals surface area contributed by atoms with Crippen LogP contribution in [0.15, 0.2) is 35.0 Å². The first-order valence-corrected chi connectivity index (χ1v) is 7.46. The number of aromatic nitrogens is 3. The standard InChI is InChI=1S/C14H17BBrN3O2/c1-13(2)14(3,4)21-15(20-13)11-6-5-7-12(18-11)19-9-10(16)8-17-19/h5-9H,1-4H3/i8D,9D. The molecule has 1 fully saturated rings. The summed E-state index contributed by atoms with van der Waals surface area (Å²) in [6.07, 6.45) is 0.0754. The molecule has 3 rings (SSSR count). The molecule has 21 heavy (non-hydrogen) atoms. The van der Waals surface area contributed by atoms with Crippen molar-refractivity contribution in [2.45, 2.75) is 38.9 Å². The van der Waals surface area contributed by atoms with E-state index in [9.17, 15) is 0 Å². The van der Waals surface area contributed by atoms with Crippen molar-refractivity contribution in [3.05, 3.63) is 35.0 Å². The van der Waals surface area contributed by atoms with Crippen LogP contribution in [0.3, 0.4) is 0 Å². The Labute approximate surface area is 135 Å². The molecule has 0 amide bonds. The summed E-state index contributed by atoms with van der Waals surface area (Å²) in [7, 11) is -0.580. The van der Waals surface area contributed by atoms with E-state index in [0.717, 1.165) is 0 Å². The molecule has 2 aromatic heterocycles. The largest absolute Gasteiger partial charge is 0.514 e. The normalized spacial score (nSPS) is 21.3. The number of pyridine rings is 1. The SMILES string of the molecule is [2H]c1nn(-c2cccc(B3OC(C)(C)C(C)(C)O3)n2)c([2H])c1Br. The van der Waals surface area contributed by atoms with E-state index in [1.54, 1.807) is 12.1 Å². The van der Waals surface area contributed by atoms with Crippen molar-refractivity contribution in [2.24, 2.45) is 0 Å². The van der Waals surface area contributed by atoms with Crippen molar-refractivity contribution in [3.8, 4) is 5.82 Å². The Morgan fingerprint density at radius 1 is 1.24 bits per heavy atom. The van der Waals surface area contributed by atoms with Gasteiger partial charge in [-0.05, 0) is 55.8 Å². The van der Waals surface area contributed by atoms with Gasteiger partial charge in [0.25, 0.3) is 0 Å². The van der Waals surface area contributed by atoms with Crippen LogP contribution in [0.2, 0.25) is 0 Å². The lowest BCUT2D eigenvalue weighted by molar-refractivity contribution is 0.00578. The van der Waals surface area contributed by atoms with E-state index in [1.807, 2.05) is 33.8 Å². The molecule has 1 aliphatic heterocycles. The van der Waals surface area contributed by atoms with Gasteiger partial charge in [0.05, 0.1) is 30.2 Å². The summed E-state index contributed by atoms with van der Waals surface area (Å²) >= 11 is 3.18. The minimum Gasteiger partial charge on any atom is -0.398 e. The highest BCUT2D eigenvalue weighted by atomic mass is 79.9. The van der Waals surface area contributed by atoms with E-state index >= 15 is 0 Å². The fourth-order valence-corrected chi connectivity index (χ4v) is 2.25. The van der Waals surface area contributed by atoms with Crippen LogP contribution in [-0.4, -0.2) is 33.1 Å². The highest BCUT2D eigenvalue weighted by Crippen LogP contribution is 2.36. The fraction of sp³-hybridized carbons (Fsp3) is 0.429. The molecule has 1 aliphatic rings. The van der Waals surface area contributed by atoms with Crippen LogP contribution < -0.4 is 5.59 Å². The molecular formula is C14H17BBrN3O2. The molecule has 0 aliphatic carbocycles. The molecule has 3 heterocycles. The second-order valence-corrected chi connectivity index (χ2v) is 6.75. The minimum absolute atomic E-state index is 0.00200. The van der Waals surface area contributed by atoms with Gasteiger partial charge in [-0.2, -0.15) is 5.10 Å². The van der Waals surface area contributed by atoms with Crippen LogP contribution in [0.5, 0.6) is 0 Å². The molecule has 0 radical (unpaired) electrons. The van der Waals surface area contributed by atoms with E-state index in [4.69, 9.17) is 12.1 Å². The number of nitrogens with zero attached hydrogens (tertiary/aromatic N) is 3. The monoisotopic (exact) mass is 351 g/mol. The van der Waals surface area contributed by atoms with Gasteiger partial charge >= 0.3 is 7.12 Å². The van der Waals surface area contributed by atoms with Gasteiger partial charge in [-0.25, -0.2) is 9.67 Å². The van der Waals surface area contributed by atoms with Gasteiger partial charge in [0.2, 0.25) is 0 Å². The van der Waals surface area contributed by atoms with Gasteiger partial charge in [0, 0.05) is 6.17 Å². The van der Waals surface area contributed by atoms with Crippen LogP contribution in [0, 0.1) is 0 Å². The zero-order valence-electron chi connectivity index (χ0n) is 14.3. The molecule has 0 atom stereocenters. The Bertz CT molecular complexity index is 750. The predicted molar refractivity (Wildman–Crippen MR) is 84.8 cm³/mol. The summed E-state index contributed by atoms with van der Waals surface area (Å²) in [6, 6.07) is 5.35. The molecule has 5 nitrogen and oxygen atoms in total. The van der Waals surface area contributed by atoms with Crippen molar-refractivity contribution < 1.29 is 12.1 Å². The fourth-order valence-electron chi connectivity index (χ4n) is 2.00. The van der Waals surface area contributed by atoms with Gasteiger partial charge in [-0.3, -0.25) is 0 Å². The Morgan fingerprint density at radius 3 is 2.48 bits per heavy atom. The first kappa shape index (κ1) is 12.4. The summed E-state index contributed by atoms with van der Waals surface area (Å²) in [5, 5.41) is 4.01. The Hall–Kier alpha value is -1.18. The molecule has 1 saturated heterocycles. The van der Waals surface area contributed by atoms with Gasteiger partial charge in [-0.15, -0.1) is 0 Å². The van der Waals surface area contributed by atoms with Crippen molar-refractivity contribution in [3.63, 3.8) is 0 Å². The molecule has 0 N–H and O–H groups in total. The second-order valence-electron chi connectivity index (χ2n) is 5.96. The summed E-state index contributed by atoms with van der Waals surface area (Å²) in [4.78, 5) is 4.50. The van der Waals surface area contributed by atoms with Crippen molar-refractivity contribution in [1.29, 1.82) is 0 Å². The number of hydrogen-bond donors (Lipinski definition) is 0. The summed E-state index contributed by atoms with van der Waals surface area (Å²) in [5.41, 5.74) is -0.281. The Kier molecular flexibility index (Phi) is 2.91. The Morgan fingerprint density at radius 2 is 1.90 bits per heavy atom. The second kappa shape index (κ2) is 4.93. The summed E-state index contributed by atoms with van der Waals surface area (Å²) < 4.78 is 29.3. The molecule has 0 unspecified atom stereocenters. The first-order valence-electron chi connectivity index (χ1n) is 7.67. The number of halogens is 1. The van der Waals surface area contributed by atoms with E-state index in [0.29, 0.717) is 15.9 Å². The highest BCUT2D eigenvalue weighted by Gasteiger charge is 2.52. The average molecular weight is 352 g/mol. The molecule has 110 valence electrons. The topological polar surface area (TPSA) is 49.2 Å². The van der Waals surface area contributed by atoms with Gasteiger partial charge in [0.1, 0.15) is 0 Å². The number of rotatable bonds is 2. The van der Waals surface area contributed by atoms with Crippen molar-refractivity contribution >= 4 is 28.6 Å². The van der Waals surface area contributed by atoms with Gasteiger partial charge < -0.3 is 9.31 Å². The molecule has 0 aromatic carbocycles. The van der Waals surface area contributed by atoms with Crippen LogP contribution in [0.4, 0.5) is 0 Å². The zero-order valence-corrected chi connectivity index (χ0v) is 13.9. The molecule has 0 spiro atoms. The van der Waals surface area contributed by atoms with Crippen LogP contribution in [0.1, 0.15) is 30.4 Å². The average Bonchev–Trinajstić information content (AvgIpc) is 2.86. The van der Waals surface area contributed by atoms with E-state index in [1.165, 1.54) is 4.68 Å². The van der Waals surface area contributed by atoms with Crippen molar-refractivity contribution in [1.82, 2.24) is 14.8 Å². The molecule has 0 bridgehead atoms. The predicted octanol–water partition coefficient (Wildman–Crippen LogP) is 2.33. The van der Waals surface area contributed by atoms with E-state index in [-0.39, 0.29) is 12.3 Å². The lowest BCUT2D eigenvalue weighted by Crippen LogP contribution is -2.41.